The summed E-state index contributed by atoms with van der Waals surface area (Å²) in [4.78, 5) is 17.0. The number of carbonyl (C=O) groups is 1. The van der Waals surface area contributed by atoms with Crippen LogP contribution >= 0.6 is 23.1 Å². The molecular formula is C20H26N2O2S2. The van der Waals surface area contributed by atoms with Gasteiger partial charge in [0, 0.05) is 6.04 Å². The topological polar surface area (TPSA) is 51.2 Å². The van der Waals surface area contributed by atoms with E-state index in [1.807, 2.05) is 25.1 Å². The van der Waals surface area contributed by atoms with Gasteiger partial charge in [-0.25, -0.2) is 4.98 Å². The summed E-state index contributed by atoms with van der Waals surface area (Å²) in [7, 11) is 0. The minimum Gasteiger partial charge on any atom is -0.494 e. The number of aromatic nitrogens is 1. The highest BCUT2D eigenvalue weighted by atomic mass is 32.2. The van der Waals surface area contributed by atoms with E-state index in [1.165, 1.54) is 37.4 Å². The van der Waals surface area contributed by atoms with Gasteiger partial charge in [-0.05, 0) is 69.1 Å². The van der Waals surface area contributed by atoms with Gasteiger partial charge in [0.25, 0.3) is 0 Å². The second-order valence-corrected chi connectivity index (χ2v) is 9.78. The third-order valence-electron chi connectivity index (χ3n) is 5.80. The van der Waals surface area contributed by atoms with Gasteiger partial charge < -0.3 is 10.1 Å². The Hall–Kier alpha value is -1.27. The lowest BCUT2D eigenvalue weighted by atomic mass is 9.84. The molecule has 2 bridgehead atoms. The van der Waals surface area contributed by atoms with Crippen LogP contribution in [0.3, 0.4) is 0 Å². The molecule has 0 aliphatic heterocycles. The number of ether oxygens (including phenoxy) is 1. The summed E-state index contributed by atoms with van der Waals surface area (Å²) >= 11 is 3.15. The molecule has 4 rings (SSSR count). The SMILES string of the molecule is CCOc1ccc2nc(SCC(=O)NC(C)C3CC4CCC3C4)sc2c1. The van der Waals surface area contributed by atoms with Gasteiger partial charge in [0.1, 0.15) is 5.75 Å². The number of thiazole rings is 1. The first kappa shape index (κ1) is 18.1. The Bertz CT molecular complexity index is 791. The summed E-state index contributed by atoms with van der Waals surface area (Å²) in [5.41, 5.74) is 0.969. The molecule has 1 heterocycles. The zero-order valence-corrected chi connectivity index (χ0v) is 17.0. The minimum absolute atomic E-state index is 0.125. The van der Waals surface area contributed by atoms with E-state index >= 15 is 0 Å². The number of amides is 1. The van der Waals surface area contributed by atoms with Crippen LogP contribution in [0, 0.1) is 17.8 Å². The van der Waals surface area contributed by atoms with Gasteiger partial charge in [0.05, 0.1) is 22.6 Å². The van der Waals surface area contributed by atoms with E-state index in [0.717, 1.165) is 32.1 Å². The van der Waals surface area contributed by atoms with Crippen molar-refractivity contribution >= 4 is 39.2 Å². The van der Waals surface area contributed by atoms with E-state index in [1.54, 1.807) is 11.3 Å². The van der Waals surface area contributed by atoms with Crippen molar-refractivity contribution in [2.75, 3.05) is 12.4 Å². The van der Waals surface area contributed by atoms with E-state index in [0.29, 0.717) is 24.3 Å². The predicted molar refractivity (Wildman–Crippen MR) is 108 cm³/mol. The molecule has 1 amide bonds. The highest BCUT2D eigenvalue weighted by Gasteiger charge is 2.42. The lowest BCUT2D eigenvalue weighted by molar-refractivity contribution is -0.119. The van der Waals surface area contributed by atoms with Crippen molar-refractivity contribution in [1.82, 2.24) is 10.3 Å². The van der Waals surface area contributed by atoms with Crippen LogP contribution in [0.15, 0.2) is 22.5 Å². The number of nitrogens with zero attached hydrogens (tertiary/aromatic N) is 1. The molecule has 1 N–H and O–H groups in total. The molecule has 0 saturated heterocycles. The number of rotatable bonds is 7. The largest absolute Gasteiger partial charge is 0.494 e. The van der Waals surface area contributed by atoms with Crippen LogP contribution in [0.2, 0.25) is 0 Å². The number of hydrogen-bond acceptors (Lipinski definition) is 5. The summed E-state index contributed by atoms with van der Waals surface area (Å²) in [5.74, 6) is 3.87. The van der Waals surface area contributed by atoms with E-state index < -0.39 is 0 Å². The maximum Gasteiger partial charge on any atom is 0.230 e. The van der Waals surface area contributed by atoms with Crippen molar-refractivity contribution in [2.24, 2.45) is 17.8 Å². The van der Waals surface area contributed by atoms with E-state index in [-0.39, 0.29) is 5.91 Å². The second kappa shape index (κ2) is 7.77. The molecule has 4 nitrogen and oxygen atoms in total. The number of carbonyl (C=O) groups excluding carboxylic acids is 1. The Morgan fingerprint density at radius 2 is 2.31 bits per heavy atom. The maximum absolute atomic E-state index is 12.4. The van der Waals surface area contributed by atoms with Crippen LogP contribution in [0.4, 0.5) is 0 Å². The fourth-order valence-electron chi connectivity index (χ4n) is 4.64. The molecule has 1 aromatic heterocycles. The van der Waals surface area contributed by atoms with Crippen LogP contribution in [0.25, 0.3) is 10.2 Å². The molecule has 0 radical (unpaired) electrons. The number of nitrogens with one attached hydrogen (secondary N) is 1. The smallest absolute Gasteiger partial charge is 0.230 e. The van der Waals surface area contributed by atoms with Crippen LogP contribution in [0.5, 0.6) is 5.75 Å². The summed E-state index contributed by atoms with van der Waals surface area (Å²) in [6.45, 7) is 4.82. The molecule has 4 atom stereocenters. The van der Waals surface area contributed by atoms with Gasteiger partial charge in [-0.1, -0.05) is 18.2 Å². The van der Waals surface area contributed by atoms with Crippen molar-refractivity contribution in [3.8, 4) is 5.75 Å². The number of fused-ring (bicyclic) bond motifs is 3. The summed E-state index contributed by atoms with van der Waals surface area (Å²) < 4.78 is 7.59. The third-order valence-corrected chi connectivity index (χ3v) is 7.96. The van der Waals surface area contributed by atoms with E-state index in [9.17, 15) is 4.79 Å². The van der Waals surface area contributed by atoms with Crippen LogP contribution in [-0.4, -0.2) is 29.3 Å². The van der Waals surface area contributed by atoms with Gasteiger partial charge in [0.2, 0.25) is 5.91 Å². The average molecular weight is 391 g/mol. The van der Waals surface area contributed by atoms with Gasteiger partial charge in [0.15, 0.2) is 4.34 Å². The molecule has 2 aliphatic rings. The first-order chi connectivity index (χ1) is 12.6. The van der Waals surface area contributed by atoms with Gasteiger partial charge in [-0.2, -0.15) is 0 Å². The quantitative estimate of drug-likeness (QED) is 0.695. The highest BCUT2D eigenvalue weighted by molar-refractivity contribution is 8.01. The Morgan fingerprint density at radius 1 is 1.42 bits per heavy atom. The van der Waals surface area contributed by atoms with Crippen molar-refractivity contribution in [2.45, 2.75) is 49.9 Å². The Morgan fingerprint density at radius 3 is 3.04 bits per heavy atom. The number of hydrogen-bond donors (Lipinski definition) is 1. The fourth-order valence-corrected chi connectivity index (χ4v) is 6.55. The second-order valence-electron chi connectivity index (χ2n) is 7.53. The van der Waals surface area contributed by atoms with Gasteiger partial charge in [-0.3, -0.25) is 4.79 Å². The molecule has 2 saturated carbocycles. The normalized spacial score (nSPS) is 25.5. The molecule has 1 aromatic carbocycles. The molecule has 2 fully saturated rings. The summed E-state index contributed by atoms with van der Waals surface area (Å²) in [5, 5.41) is 3.23. The zero-order chi connectivity index (χ0) is 18.1. The Kier molecular flexibility index (Phi) is 5.41. The van der Waals surface area contributed by atoms with Crippen LogP contribution in [-0.2, 0) is 4.79 Å². The van der Waals surface area contributed by atoms with E-state index in [4.69, 9.17) is 4.74 Å². The summed E-state index contributed by atoms with van der Waals surface area (Å²) in [6.07, 6.45) is 5.45. The molecule has 0 spiro atoms. The number of thioether (sulfide) groups is 1. The Labute approximate surface area is 163 Å². The Balaban J connectivity index is 1.30. The van der Waals surface area contributed by atoms with Crippen molar-refractivity contribution in [1.29, 1.82) is 0 Å². The zero-order valence-electron chi connectivity index (χ0n) is 15.4. The lowest BCUT2D eigenvalue weighted by Gasteiger charge is -2.28. The predicted octanol–water partition coefficient (Wildman–Crippen LogP) is 4.73. The minimum atomic E-state index is 0.125. The fraction of sp³-hybridized carbons (Fsp3) is 0.600. The molecular weight excluding hydrogens is 364 g/mol. The molecule has 140 valence electrons. The standard InChI is InChI=1S/C20H26N2O2S2/c1-3-24-15-6-7-17-18(10-15)26-20(22-17)25-11-19(23)21-12(2)16-9-13-4-5-14(16)8-13/h6-7,10,12-14,16H,3-5,8-9,11H2,1-2H3,(H,21,23). The maximum atomic E-state index is 12.4. The first-order valence-corrected chi connectivity index (χ1v) is 11.4. The molecule has 2 aromatic rings. The van der Waals surface area contributed by atoms with Gasteiger partial charge in [-0.15, -0.1) is 11.3 Å². The lowest BCUT2D eigenvalue weighted by Crippen LogP contribution is -2.40. The molecule has 6 heteroatoms. The van der Waals surface area contributed by atoms with Crippen LogP contribution < -0.4 is 10.1 Å². The van der Waals surface area contributed by atoms with E-state index in [2.05, 4.69) is 17.2 Å². The highest BCUT2D eigenvalue weighted by Crippen LogP contribution is 2.49. The molecule has 4 unspecified atom stereocenters. The first-order valence-electron chi connectivity index (χ1n) is 9.58. The van der Waals surface area contributed by atoms with Crippen molar-refractivity contribution in [3.63, 3.8) is 0 Å². The summed E-state index contributed by atoms with van der Waals surface area (Å²) in [6, 6.07) is 6.25. The van der Waals surface area contributed by atoms with Gasteiger partial charge >= 0.3 is 0 Å². The van der Waals surface area contributed by atoms with Crippen LogP contribution in [0.1, 0.15) is 39.5 Å². The van der Waals surface area contributed by atoms with Crippen molar-refractivity contribution < 1.29 is 9.53 Å². The van der Waals surface area contributed by atoms with Crippen molar-refractivity contribution in [3.05, 3.63) is 18.2 Å². The average Bonchev–Trinajstić information content (AvgIpc) is 3.34. The third kappa shape index (κ3) is 3.86. The molecule has 26 heavy (non-hydrogen) atoms. The number of benzene rings is 1. The molecule has 2 aliphatic carbocycles. The monoisotopic (exact) mass is 390 g/mol.